The summed E-state index contributed by atoms with van der Waals surface area (Å²) in [6, 6.07) is 0. The molecule has 1 spiro atoms. The SMILES string of the molecule is CC(C)(C)OC(=O)C1=CCC2(C1)CN(C[C@H]1C[C@H](OC3CCNCC3)C1)C2. The summed E-state index contributed by atoms with van der Waals surface area (Å²) in [4.78, 5) is 14.9. The summed E-state index contributed by atoms with van der Waals surface area (Å²) in [6.07, 6.45) is 9.84. The Hall–Kier alpha value is -0.910. The van der Waals surface area contributed by atoms with E-state index in [1.807, 2.05) is 20.8 Å². The number of rotatable bonds is 5. The molecule has 0 amide bonds. The Morgan fingerprint density at radius 1 is 1.22 bits per heavy atom. The predicted octanol–water partition coefficient (Wildman–Crippen LogP) is 2.90. The first-order chi connectivity index (χ1) is 12.8. The third-order valence-electron chi connectivity index (χ3n) is 6.51. The Morgan fingerprint density at radius 3 is 2.59 bits per heavy atom. The van der Waals surface area contributed by atoms with E-state index < -0.39 is 5.60 Å². The smallest absolute Gasteiger partial charge is 0.334 e. The number of carbonyl (C=O) groups is 1. The summed E-state index contributed by atoms with van der Waals surface area (Å²) >= 11 is 0. The monoisotopic (exact) mass is 376 g/mol. The zero-order valence-electron chi connectivity index (χ0n) is 17.3. The standard InChI is InChI=1S/C22H36N2O3/c1-21(2,3)27-20(25)17-4-7-22(12-17)14-24(15-22)13-16-10-19(11-16)26-18-5-8-23-9-6-18/h4,16,18-19,23H,5-15H2,1-3H3/t16-,19-. The third-order valence-corrected chi connectivity index (χ3v) is 6.51. The molecule has 27 heavy (non-hydrogen) atoms. The summed E-state index contributed by atoms with van der Waals surface area (Å²) < 4.78 is 11.8. The van der Waals surface area contributed by atoms with Crippen LogP contribution in [0.25, 0.3) is 0 Å². The van der Waals surface area contributed by atoms with Gasteiger partial charge in [-0.1, -0.05) is 6.08 Å². The molecule has 2 aliphatic carbocycles. The molecule has 4 aliphatic rings. The zero-order valence-corrected chi connectivity index (χ0v) is 17.3. The van der Waals surface area contributed by atoms with Crippen molar-refractivity contribution in [2.24, 2.45) is 11.3 Å². The van der Waals surface area contributed by atoms with Crippen LogP contribution >= 0.6 is 0 Å². The molecule has 1 saturated carbocycles. The molecule has 4 rings (SSSR count). The summed E-state index contributed by atoms with van der Waals surface area (Å²) in [5.41, 5.74) is 0.792. The molecule has 5 nitrogen and oxygen atoms in total. The number of allylic oxidation sites excluding steroid dienone is 1. The molecule has 2 heterocycles. The van der Waals surface area contributed by atoms with E-state index in [9.17, 15) is 4.79 Å². The number of hydrogen-bond donors (Lipinski definition) is 1. The first-order valence-electron chi connectivity index (χ1n) is 10.8. The van der Waals surface area contributed by atoms with Crippen molar-refractivity contribution in [2.75, 3.05) is 32.7 Å². The van der Waals surface area contributed by atoms with E-state index in [-0.39, 0.29) is 5.97 Å². The van der Waals surface area contributed by atoms with Crippen LogP contribution in [0.1, 0.15) is 59.3 Å². The van der Waals surface area contributed by atoms with Crippen LogP contribution in [-0.2, 0) is 14.3 Å². The van der Waals surface area contributed by atoms with Gasteiger partial charge >= 0.3 is 5.97 Å². The van der Waals surface area contributed by atoms with Crippen LogP contribution in [0.5, 0.6) is 0 Å². The zero-order chi connectivity index (χ0) is 19.1. The summed E-state index contributed by atoms with van der Waals surface area (Å²) in [5, 5.41) is 3.40. The highest BCUT2D eigenvalue weighted by atomic mass is 16.6. The van der Waals surface area contributed by atoms with Gasteiger partial charge in [0.2, 0.25) is 0 Å². The maximum atomic E-state index is 12.3. The van der Waals surface area contributed by atoms with Crippen molar-refractivity contribution in [3.8, 4) is 0 Å². The largest absolute Gasteiger partial charge is 0.457 e. The Morgan fingerprint density at radius 2 is 1.93 bits per heavy atom. The number of piperidine rings is 1. The van der Waals surface area contributed by atoms with Crippen molar-refractivity contribution < 1.29 is 14.3 Å². The van der Waals surface area contributed by atoms with E-state index in [0.29, 0.717) is 17.6 Å². The van der Waals surface area contributed by atoms with Gasteiger partial charge in [-0.05, 0) is 78.3 Å². The molecule has 0 aromatic rings. The van der Waals surface area contributed by atoms with Gasteiger partial charge in [-0.25, -0.2) is 4.79 Å². The minimum atomic E-state index is -0.406. The summed E-state index contributed by atoms with van der Waals surface area (Å²) in [7, 11) is 0. The minimum absolute atomic E-state index is 0.116. The molecule has 0 aromatic carbocycles. The van der Waals surface area contributed by atoms with E-state index in [0.717, 1.165) is 50.5 Å². The number of carbonyl (C=O) groups excluding carboxylic acids is 1. The molecular formula is C22H36N2O3. The van der Waals surface area contributed by atoms with Gasteiger partial charge in [-0.2, -0.15) is 0 Å². The number of nitrogens with zero attached hydrogens (tertiary/aromatic N) is 1. The Labute approximate surface area is 163 Å². The van der Waals surface area contributed by atoms with Gasteiger partial charge in [0.05, 0.1) is 12.2 Å². The van der Waals surface area contributed by atoms with Crippen molar-refractivity contribution in [3.63, 3.8) is 0 Å². The lowest BCUT2D eigenvalue weighted by atomic mass is 9.74. The fourth-order valence-electron chi connectivity index (χ4n) is 5.16. The number of esters is 1. The van der Waals surface area contributed by atoms with E-state index in [1.165, 1.54) is 32.2 Å². The third kappa shape index (κ3) is 4.75. The lowest BCUT2D eigenvalue weighted by molar-refractivity contribution is -0.150. The lowest BCUT2D eigenvalue weighted by Gasteiger charge is -2.51. The Bertz CT molecular complexity index is 577. The first-order valence-corrected chi connectivity index (χ1v) is 10.8. The van der Waals surface area contributed by atoms with Crippen molar-refractivity contribution in [2.45, 2.75) is 77.1 Å². The van der Waals surface area contributed by atoms with Gasteiger partial charge in [-0.15, -0.1) is 0 Å². The number of nitrogens with one attached hydrogen (secondary N) is 1. The molecule has 0 aromatic heterocycles. The molecule has 0 radical (unpaired) electrons. The highest BCUT2D eigenvalue weighted by Crippen LogP contribution is 2.46. The van der Waals surface area contributed by atoms with Gasteiger partial charge in [0.15, 0.2) is 0 Å². The minimum Gasteiger partial charge on any atom is -0.457 e. The van der Waals surface area contributed by atoms with Crippen LogP contribution < -0.4 is 5.32 Å². The van der Waals surface area contributed by atoms with E-state index in [2.05, 4.69) is 16.3 Å². The first kappa shape index (κ1) is 19.4. The summed E-state index contributed by atoms with van der Waals surface area (Å²) in [5.74, 6) is 0.684. The molecule has 0 atom stereocenters. The average Bonchev–Trinajstić information content (AvgIpc) is 2.97. The molecular weight excluding hydrogens is 340 g/mol. The Kier molecular flexibility index (Phi) is 5.38. The molecule has 2 saturated heterocycles. The van der Waals surface area contributed by atoms with E-state index in [1.54, 1.807) is 0 Å². The maximum absolute atomic E-state index is 12.3. The van der Waals surface area contributed by atoms with Crippen LogP contribution in [0.4, 0.5) is 0 Å². The molecule has 3 fully saturated rings. The molecule has 0 unspecified atom stereocenters. The van der Waals surface area contributed by atoms with E-state index >= 15 is 0 Å². The van der Waals surface area contributed by atoms with Gasteiger partial charge in [0, 0.05) is 30.6 Å². The normalized spacial score (nSPS) is 31.3. The van der Waals surface area contributed by atoms with Gasteiger partial charge < -0.3 is 19.7 Å². The second-order valence-electron chi connectivity index (χ2n) is 10.3. The van der Waals surface area contributed by atoms with Gasteiger partial charge in [0.1, 0.15) is 5.60 Å². The molecule has 2 aliphatic heterocycles. The Balaban J connectivity index is 1.13. The molecule has 1 N–H and O–H groups in total. The average molecular weight is 377 g/mol. The van der Waals surface area contributed by atoms with Gasteiger partial charge in [-0.3, -0.25) is 0 Å². The van der Waals surface area contributed by atoms with Crippen LogP contribution in [-0.4, -0.2) is 61.4 Å². The number of ether oxygens (including phenoxy) is 2. The van der Waals surface area contributed by atoms with Crippen LogP contribution in [0.15, 0.2) is 11.6 Å². The van der Waals surface area contributed by atoms with Gasteiger partial charge in [0.25, 0.3) is 0 Å². The highest BCUT2D eigenvalue weighted by molar-refractivity contribution is 5.89. The van der Waals surface area contributed by atoms with E-state index in [4.69, 9.17) is 9.47 Å². The van der Waals surface area contributed by atoms with Crippen molar-refractivity contribution in [3.05, 3.63) is 11.6 Å². The van der Waals surface area contributed by atoms with Crippen molar-refractivity contribution in [1.82, 2.24) is 10.2 Å². The molecule has 152 valence electrons. The maximum Gasteiger partial charge on any atom is 0.334 e. The van der Waals surface area contributed by atoms with Crippen LogP contribution in [0, 0.1) is 11.3 Å². The van der Waals surface area contributed by atoms with Crippen molar-refractivity contribution >= 4 is 5.97 Å². The second kappa shape index (κ2) is 7.49. The lowest BCUT2D eigenvalue weighted by Crippen LogP contribution is -2.57. The highest BCUT2D eigenvalue weighted by Gasteiger charge is 2.48. The predicted molar refractivity (Wildman–Crippen MR) is 106 cm³/mol. The van der Waals surface area contributed by atoms with Crippen LogP contribution in [0.3, 0.4) is 0 Å². The fourth-order valence-corrected chi connectivity index (χ4v) is 5.16. The van der Waals surface area contributed by atoms with Crippen LogP contribution in [0.2, 0.25) is 0 Å². The topological polar surface area (TPSA) is 50.8 Å². The second-order valence-corrected chi connectivity index (χ2v) is 10.3. The molecule has 5 heteroatoms. The number of likely N-dealkylation sites (tertiary alicyclic amines) is 1. The number of hydrogen-bond acceptors (Lipinski definition) is 5. The molecule has 0 bridgehead atoms. The fraction of sp³-hybridized carbons (Fsp3) is 0.864. The summed E-state index contributed by atoms with van der Waals surface area (Å²) in [6.45, 7) is 11.5. The van der Waals surface area contributed by atoms with Crippen molar-refractivity contribution in [1.29, 1.82) is 0 Å². The quantitative estimate of drug-likeness (QED) is 0.748.